The molecule has 0 aliphatic carbocycles. The molecule has 0 bridgehead atoms. The van der Waals surface area contributed by atoms with E-state index in [4.69, 9.17) is 9.97 Å². The van der Waals surface area contributed by atoms with Crippen LogP contribution in [0.3, 0.4) is 0 Å². The molecule has 5 rings (SSSR count). The fourth-order valence-electron chi connectivity index (χ4n) is 3.74. The van der Waals surface area contributed by atoms with Crippen LogP contribution < -0.4 is 4.90 Å². The Bertz CT molecular complexity index is 1100. The van der Waals surface area contributed by atoms with Gasteiger partial charge >= 0.3 is 0 Å². The zero-order valence-electron chi connectivity index (χ0n) is 15.3. The first-order valence-corrected chi connectivity index (χ1v) is 10.4. The highest BCUT2D eigenvalue weighted by Gasteiger charge is 2.24. The van der Waals surface area contributed by atoms with Gasteiger partial charge in [-0.25, -0.2) is 9.97 Å². The summed E-state index contributed by atoms with van der Waals surface area (Å²) in [5, 5.41) is 13.5. The lowest BCUT2D eigenvalue weighted by atomic mass is 10.0. The summed E-state index contributed by atoms with van der Waals surface area (Å²) >= 11 is 1.63. The van der Waals surface area contributed by atoms with Gasteiger partial charge in [0.15, 0.2) is 5.82 Å². The summed E-state index contributed by atoms with van der Waals surface area (Å²) in [6.07, 6.45) is 3.23. The van der Waals surface area contributed by atoms with E-state index in [0.29, 0.717) is 12.4 Å². The molecule has 4 aromatic rings. The highest BCUT2D eigenvalue weighted by atomic mass is 32.1. The first kappa shape index (κ1) is 17.3. The van der Waals surface area contributed by atoms with Crippen LogP contribution in [0.4, 0.5) is 5.82 Å². The molecular weight excluding hydrogens is 368 g/mol. The molecule has 3 aromatic heterocycles. The molecule has 0 spiro atoms. The van der Waals surface area contributed by atoms with Crippen LogP contribution in [-0.2, 0) is 0 Å². The molecule has 1 aromatic carbocycles. The molecule has 0 unspecified atom stereocenters. The maximum atomic E-state index is 10.2. The van der Waals surface area contributed by atoms with E-state index in [1.165, 1.54) is 0 Å². The Labute approximate surface area is 167 Å². The second-order valence-corrected chi connectivity index (χ2v) is 7.88. The third-order valence-electron chi connectivity index (χ3n) is 5.09. The Balaban J connectivity index is 1.73. The predicted molar refractivity (Wildman–Crippen MR) is 114 cm³/mol. The van der Waals surface area contributed by atoms with Gasteiger partial charge in [-0.3, -0.25) is 4.98 Å². The van der Waals surface area contributed by atoms with E-state index in [1.807, 2.05) is 36.4 Å². The van der Waals surface area contributed by atoms with Crippen molar-refractivity contribution in [2.75, 3.05) is 18.0 Å². The predicted octanol–water partition coefficient (Wildman–Crippen LogP) is 4.38. The van der Waals surface area contributed by atoms with Crippen molar-refractivity contribution in [3.05, 3.63) is 60.1 Å². The van der Waals surface area contributed by atoms with Gasteiger partial charge in [-0.2, -0.15) is 0 Å². The minimum atomic E-state index is -0.323. The van der Waals surface area contributed by atoms with E-state index in [9.17, 15) is 5.11 Å². The van der Waals surface area contributed by atoms with E-state index in [-0.39, 0.29) is 6.10 Å². The topological polar surface area (TPSA) is 62.1 Å². The molecule has 140 valence electrons. The van der Waals surface area contributed by atoms with E-state index < -0.39 is 0 Å². The van der Waals surface area contributed by atoms with Crippen LogP contribution in [0, 0.1) is 0 Å². The molecule has 1 aliphatic rings. The largest absolute Gasteiger partial charge is 0.391 e. The van der Waals surface area contributed by atoms with E-state index in [1.54, 1.807) is 17.5 Å². The Morgan fingerprint density at radius 3 is 2.68 bits per heavy atom. The standard InChI is InChI=1S/C22H20N4OS/c27-16-9-6-12-26(13-16)21-19-17(15-7-2-1-3-8-15)14-28-22(19)25-20(24-21)18-10-4-5-11-23-18/h1-5,7-8,10-11,14,16,27H,6,9,12-13H2/t16-/m1/s1. The molecule has 0 saturated carbocycles. The Hall–Kier alpha value is -2.83. The number of thiophene rings is 1. The lowest BCUT2D eigenvalue weighted by molar-refractivity contribution is 0.154. The zero-order chi connectivity index (χ0) is 18.9. The number of pyridine rings is 1. The summed E-state index contributed by atoms with van der Waals surface area (Å²) in [6, 6.07) is 16.1. The number of hydrogen-bond acceptors (Lipinski definition) is 6. The fraction of sp³-hybridized carbons (Fsp3) is 0.227. The lowest BCUT2D eigenvalue weighted by Crippen LogP contribution is -2.38. The second kappa shape index (κ2) is 7.30. The van der Waals surface area contributed by atoms with Gasteiger partial charge in [0.1, 0.15) is 16.3 Å². The number of nitrogens with zero attached hydrogens (tertiary/aromatic N) is 4. The van der Waals surface area contributed by atoms with Crippen molar-refractivity contribution in [2.24, 2.45) is 0 Å². The van der Waals surface area contributed by atoms with Gasteiger partial charge in [0, 0.05) is 30.2 Å². The Morgan fingerprint density at radius 1 is 1.04 bits per heavy atom. The number of benzene rings is 1. The average Bonchev–Trinajstić information content (AvgIpc) is 3.18. The van der Waals surface area contributed by atoms with Gasteiger partial charge in [0.05, 0.1) is 11.5 Å². The molecule has 1 atom stereocenters. The second-order valence-electron chi connectivity index (χ2n) is 7.02. The molecule has 4 heterocycles. The molecule has 0 radical (unpaired) electrons. The molecule has 1 N–H and O–H groups in total. The van der Waals surface area contributed by atoms with E-state index >= 15 is 0 Å². The van der Waals surface area contributed by atoms with Crippen LogP contribution in [0.1, 0.15) is 12.8 Å². The van der Waals surface area contributed by atoms with Crippen molar-refractivity contribution in [3.63, 3.8) is 0 Å². The molecule has 6 heteroatoms. The van der Waals surface area contributed by atoms with Crippen molar-refractivity contribution < 1.29 is 5.11 Å². The van der Waals surface area contributed by atoms with Crippen LogP contribution in [0.2, 0.25) is 0 Å². The van der Waals surface area contributed by atoms with E-state index in [2.05, 4.69) is 27.4 Å². The van der Waals surface area contributed by atoms with Crippen LogP contribution in [0.25, 0.3) is 32.9 Å². The van der Waals surface area contributed by atoms with Crippen molar-refractivity contribution in [1.82, 2.24) is 15.0 Å². The summed E-state index contributed by atoms with van der Waals surface area (Å²) in [7, 11) is 0. The molecule has 0 amide bonds. The van der Waals surface area contributed by atoms with Gasteiger partial charge in [-0.05, 0) is 30.5 Å². The van der Waals surface area contributed by atoms with Crippen LogP contribution in [0.5, 0.6) is 0 Å². The third-order valence-corrected chi connectivity index (χ3v) is 5.96. The van der Waals surface area contributed by atoms with Crippen LogP contribution >= 0.6 is 11.3 Å². The number of aliphatic hydroxyl groups excluding tert-OH is 1. The number of hydrogen-bond donors (Lipinski definition) is 1. The SMILES string of the molecule is O[C@@H]1CCCN(c2nc(-c3ccccn3)nc3scc(-c4ccccc4)c23)C1. The quantitative estimate of drug-likeness (QED) is 0.564. The Morgan fingerprint density at radius 2 is 1.89 bits per heavy atom. The summed E-state index contributed by atoms with van der Waals surface area (Å²) in [5.74, 6) is 1.52. The van der Waals surface area contributed by atoms with E-state index in [0.717, 1.165) is 52.2 Å². The number of aromatic nitrogens is 3. The molecule has 1 aliphatic heterocycles. The smallest absolute Gasteiger partial charge is 0.181 e. The van der Waals surface area contributed by atoms with Crippen LogP contribution in [0.15, 0.2) is 60.1 Å². The van der Waals surface area contributed by atoms with Crippen LogP contribution in [-0.4, -0.2) is 39.3 Å². The van der Waals surface area contributed by atoms with Gasteiger partial charge in [0.25, 0.3) is 0 Å². The first-order chi connectivity index (χ1) is 13.8. The van der Waals surface area contributed by atoms with Crippen molar-refractivity contribution >= 4 is 27.4 Å². The fourth-order valence-corrected chi connectivity index (χ4v) is 4.68. The van der Waals surface area contributed by atoms with Crippen molar-refractivity contribution in [2.45, 2.75) is 18.9 Å². The molecule has 1 fully saturated rings. The maximum Gasteiger partial charge on any atom is 0.181 e. The molecular formula is C22H20N4OS. The summed E-state index contributed by atoms with van der Waals surface area (Å²) in [5.41, 5.74) is 3.06. The Kier molecular flexibility index (Phi) is 4.50. The summed E-state index contributed by atoms with van der Waals surface area (Å²) in [6.45, 7) is 1.48. The number of piperidine rings is 1. The summed E-state index contributed by atoms with van der Waals surface area (Å²) in [4.78, 5) is 17.3. The number of aliphatic hydroxyl groups is 1. The van der Waals surface area contributed by atoms with Crippen molar-refractivity contribution in [1.29, 1.82) is 0 Å². The highest BCUT2D eigenvalue weighted by molar-refractivity contribution is 7.17. The third kappa shape index (κ3) is 3.15. The van der Waals surface area contributed by atoms with Gasteiger partial charge in [-0.1, -0.05) is 36.4 Å². The minimum absolute atomic E-state index is 0.323. The number of fused-ring (bicyclic) bond motifs is 1. The molecule has 5 nitrogen and oxygen atoms in total. The molecule has 1 saturated heterocycles. The highest BCUT2D eigenvalue weighted by Crippen LogP contribution is 2.39. The molecule has 28 heavy (non-hydrogen) atoms. The zero-order valence-corrected chi connectivity index (χ0v) is 16.1. The van der Waals surface area contributed by atoms with Crippen molar-refractivity contribution in [3.8, 4) is 22.6 Å². The summed E-state index contributed by atoms with van der Waals surface area (Å²) < 4.78 is 0. The number of rotatable bonds is 3. The monoisotopic (exact) mass is 388 g/mol. The first-order valence-electron chi connectivity index (χ1n) is 9.48. The minimum Gasteiger partial charge on any atom is -0.391 e. The normalized spacial score (nSPS) is 17.2. The lowest BCUT2D eigenvalue weighted by Gasteiger charge is -2.31. The maximum absolute atomic E-state index is 10.2. The number of anilines is 1. The van der Waals surface area contributed by atoms with Gasteiger partial charge in [0.2, 0.25) is 0 Å². The van der Waals surface area contributed by atoms with Gasteiger partial charge in [-0.15, -0.1) is 11.3 Å². The number of β-amino-alcohol motifs (C(OH)–C–C–N with tert-alkyl or cyclic N) is 1. The van der Waals surface area contributed by atoms with Gasteiger partial charge < -0.3 is 10.0 Å². The average molecular weight is 388 g/mol.